The van der Waals surface area contributed by atoms with Gasteiger partial charge in [0.05, 0.1) is 25.0 Å². The summed E-state index contributed by atoms with van der Waals surface area (Å²) in [6.07, 6.45) is 1.45. The Balaban J connectivity index is 1.42. The molecule has 1 amide bonds. The summed E-state index contributed by atoms with van der Waals surface area (Å²) >= 11 is 0. The van der Waals surface area contributed by atoms with Crippen LogP contribution in [0.1, 0.15) is 10.4 Å². The summed E-state index contributed by atoms with van der Waals surface area (Å²) in [6, 6.07) is 17.4. The molecule has 0 aliphatic carbocycles. The zero-order chi connectivity index (χ0) is 21.6. The number of hydrogen-bond acceptors (Lipinski definition) is 7. The first-order chi connectivity index (χ1) is 15.1. The first-order valence-electron chi connectivity index (χ1n) is 9.48. The molecule has 10 heteroatoms. The molecule has 1 N–H and O–H groups in total. The summed E-state index contributed by atoms with van der Waals surface area (Å²) in [5, 5.41) is 18.2. The number of nitrogens with one attached hydrogen (secondary N) is 1. The van der Waals surface area contributed by atoms with Gasteiger partial charge in [0.2, 0.25) is 0 Å². The molecule has 4 rings (SSSR count). The number of amides is 1. The fraction of sp³-hybridized carbons (Fsp3) is 0.143. The van der Waals surface area contributed by atoms with Crippen molar-refractivity contribution in [3.8, 4) is 22.7 Å². The average molecular weight is 417 g/mol. The molecule has 31 heavy (non-hydrogen) atoms. The number of aromatic nitrogens is 6. The van der Waals surface area contributed by atoms with Crippen molar-refractivity contribution in [2.75, 3.05) is 13.7 Å². The summed E-state index contributed by atoms with van der Waals surface area (Å²) in [4.78, 5) is 24.7. The van der Waals surface area contributed by atoms with Crippen molar-refractivity contribution in [2.45, 2.75) is 6.54 Å². The Labute approximate surface area is 177 Å². The van der Waals surface area contributed by atoms with Crippen molar-refractivity contribution in [1.29, 1.82) is 0 Å². The second-order valence-electron chi connectivity index (χ2n) is 6.57. The van der Waals surface area contributed by atoms with Gasteiger partial charge >= 0.3 is 0 Å². The minimum absolute atomic E-state index is 0.237. The molecule has 0 fully saturated rings. The third kappa shape index (κ3) is 4.64. The van der Waals surface area contributed by atoms with E-state index in [1.165, 1.54) is 21.8 Å². The van der Waals surface area contributed by atoms with Crippen LogP contribution in [0.15, 0.2) is 71.8 Å². The van der Waals surface area contributed by atoms with Gasteiger partial charge in [-0.25, -0.2) is 9.36 Å². The monoisotopic (exact) mass is 417 g/mol. The number of carbonyl (C=O) groups is 1. The van der Waals surface area contributed by atoms with E-state index in [4.69, 9.17) is 4.74 Å². The Kier molecular flexibility index (Phi) is 5.79. The fourth-order valence-electron chi connectivity index (χ4n) is 2.97. The lowest BCUT2D eigenvalue weighted by molar-refractivity contribution is 0.0951. The molecule has 0 spiro atoms. The highest BCUT2D eigenvalue weighted by Gasteiger charge is 2.09. The zero-order valence-corrected chi connectivity index (χ0v) is 16.7. The molecule has 2 aromatic carbocycles. The van der Waals surface area contributed by atoms with Crippen LogP contribution in [0.3, 0.4) is 0 Å². The predicted molar refractivity (Wildman–Crippen MR) is 112 cm³/mol. The van der Waals surface area contributed by atoms with E-state index in [-0.39, 0.29) is 24.6 Å². The molecule has 2 heterocycles. The number of rotatable bonds is 7. The summed E-state index contributed by atoms with van der Waals surface area (Å²) in [7, 11) is 1.60. The van der Waals surface area contributed by atoms with Crippen molar-refractivity contribution >= 4 is 5.91 Å². The Bertz CT molecular complexity index is 1230. The van der Waals surface area contributed by atoms with Crippen LogP contribution in [-0.4, -0.2) is 49.5 Å². The number of tetrazole rings is 1. The molecule has 10 nitrogen and oxygen atoms in total. The molecule has 156 valence electrons. The highest BCUT2D eigenvalue weighted by molar-refractivity contribution is 5.94. The molecule has 2 aromatic heterocycles. The van der Waals surface area contributed by atoms with Crippen LogP contribution in [0.5, 0.6) is 5.75 Å². The topological polar surface area (TPSA) is 117 Å². The number of ether oxygens (including phenoxy) is 1. The number of methoxy groups -OCH3 is 1. The maximum Gasteiger partial charge on any atom is 0.266 e. The molecule has 0 atom stereocenters. The van der Waals surface area contributed by atoms with Crippen molar-refractivity contribution < 1.29 is 9.53 Å². The number of benzene rings is 2. The third-order valence-corrected chi connectivity index (χ3v) is 4.58. The first-order valence-corrected chi connectivity index (χ1v) is 9.48. The van der Waals surface area contributed by atoms with E-state index < -0.39 is 0 Å². The van der Waals surface area contributed by atoms with Crippen LogP contribution in [0.25, 0.3) is 16.9 Å². The Morgan fingerprint density at radius 1 is 1.10 bits per heavy atom. The smallest absolute Gasteiger partial charge is 0.266 e. The van der Waals surface area contributed by atoms with Gasteiger partial charge in [-0.15, -0.1) is 5.10 Å². The normalized spacial score (nSPS) is 10.6. The van der Waals surface area contributed by atoms with Crippen LogP contribution in [0.2, 0.25) is 0 Å². The van der Waals surface area contributed by atoms with Gasteiger partial charge in [0, 0.05) is 23.7 Å². The minimum atomic E-state index is -0.269. The number of carbonyl (C=O) groups excluding carboxylic acids is 1. The van der Waals surface area contributed by atoms with E-state index in [9.17, 15) is 9.59 Å². The first kappa shape index (κ1) is 20.0. The Morgan fingerprint density at radius 3 is 2.68 bits per heavy atom. The highest BCUT2D eigenvalue weighted by atomic mass is 16.5. The van der Waals surface area contributed by atoms with Crippen LogP contribution < -0.4 is 15.6 Å². The molecule has 0 saturated carbocycles. The molecule has 0 bridgehead atoms. The quantitative estimate of drug-likeness (QED) is 0.482. The maximum atomic E-state index is 12.5. The molecule has 0 saturated heterocycles. The van der Waals surface area contributed by atoms with Crippen molar-refractivity contribution in [3.63, 3.8) is 0 Å². The minimum Gasteiger partial charge on any atom is -0.497 e. The van der Waals surface area contributed by atoms with E-state index in [0.717, 1.165) is 11.3 Å². The summed E-state index contributed by atoms with van der Waals surface area (Å²) in [5.41, 5.74) is 2.40. The second kappa shape index (κ2) is 8.99. The van der Waals surface area contributed by atoms with Gasteiger partial charge in [-0.1, -0.05) is 6.07 Å². The van der Waals surface area contributed by atoms with Gasteiger partial charge in [-0.05, 0) is 59.0 Å². The molecule has 0 aliphatic rings. The summed E-state index contributed by atoms with van der Waals surface area (Å²) in [5.74, 6) is 0.471. The molecule has 4 aromatic rings. The second-order valence-corrected chi connectivity index (χ2v) is 6.57. The van der Waals surface area contributed by atoms with Crippen molar-refractivity contribution in [2.24, 2.45) is 0 Å². The largest absolute Gasteiger partial charge is 0.497 e. The number of nitrogens with zero attached hydrogens (tertiary/aromatic N) is 6. The Hall–Kier alpha value is -4.34. The van der Waals surface area contributed by atoms with Gasteiger partial charge < -0.3 is 10.1 Å². The summed E-state index contributed by atoms with van der Waals surface area (Å²) in [6.45, 7) is 0.480. The Morgan fingerprint density at radius 2 is 1.94 bits per heavy atom. The van der Waals surface area contributed by atoms with Crippen LogP contribution in [-0.2, 0) is 6.54 Å². The van der Waals surface area contributed by atoms with Gasteiger partial charge in [-0.2, -0.15) is 5.10 Å². The fourth-order valence-corrected chi connectivity index (χ4v) is 2.97. The van der Waals surface area contributed by atoms with Crippen molar-refractivity contribution in [3.05, 3.63) is 82.9 Å². The van der Waals surface area contributed by atoms with Gasteiger partial charge in [0.15, 0.2) is 0 Å². The highest BCUT2D eigenvalue weighted by Crippen LogP contribution is 2.19. The maximum absolute atomic E-state index is 12.5. The van der Waals surface area contributed by atoms with Gasteiger partial charge in [0.25, 0.3) is 11.5 Å². The van der Waals surface area contributed by atoms with E-state index in [2.05, 4.69) is 25.9 Å². The molecular formula is C21H19N7O3. The molecule has 0 unspecified atom stereocenters. The number of hydrogen-bond donors (Lipinski definition) is 1. The zero-order valence-electron chi connectivity index (χ0n) is 16.7. The summed E-state index contributed by atoms with van der Waals surface area (Å²) < 4.78 is 7.96. The van der Waals surface area contributed by atoms with E-state index >= 15 is 0 Å². The van der Waals surface area contributed by atoms with Crippen LogP contribution >= 0.6 is 0 Å². The van der Waals surface area contributed by atoms with Gasteiger partial charge in [0.1, 0.15) is 12.1 Å². The van der Waals surface area contributed by atoms with E-state index in [1.807, 2.05) is 24.3 Å². The lowest BCUT2D eigenvalue weighted by atomic mass is 10.1. The third-order valence-electron chi connectivity index (χ3n) is 4.58. The molecule has 0 aliphatic heterocycles. The predicted octanol–water partition coefficient (Wildman–Crippen LogP) is 1.32. The van der Waals surface area contributed by atoms with Crippen LogP contribution in [0.4, 0.5) is 0 Å². The van der Waals surface area contributed by atoms with Gasteiger partial charge in [-0.3, -0.25) is 9.59 Å². The SMILES string of the molecule is COc1ccc(-c2ccc(=O)n(CCNC(=O)c3cccc(-n4cnnn4)c3)n2)cc1. The van der Waals surface area contributed by atoms with E-state index in [1.54, 1.807) is 37.4 Å². The van der Waals surface area contributed by atoms with Crippen molar-refractivity contribution in [1.82, 2.24) is 35.3 Å². The average Bonchev–Trinajstić information content (AvgIpc) is 3.35. The molecular weight excluding hydrogens is 398 g/mol. The lowest BCUT2D eigenvalue weighted by Crippen LogP contribution is -2.32. The van der Waals surface area contributed by atoms with E-state index in [0.29, 0.717) is 16.9 Å². The standard InChI is InChI=1S/C21H19N7O3/c1-31-18-7-5-15(6-8-18)19-9-10-20(29)27(24-19)12-11-22-21(30)16-3-2-4-17(13-16)28-14-23-25-26-28/h2-10,13-14H,11-12H2,1H3,(H,22,30). The van der Waals surface area contributed by atoms with Crippen LogP contribution in [0, 0.1) is 0 Å². The molecule has 0 radical (unpaired) electrons. The lowest BCUT2D eigenvalue weighted by Gasteiger charge is -2.09.